The maximum atomic E-state index is 12.2. The summed E-state index contributed by atoms with van der Waals surface area (Å²) in [4.78, 5) is 16.2. The molecule has 2 rings (SSSR count). The Kier molecular flexibility index (Phi) is 5.09. The molecule has 2 aromatic heterocycles. The SMILES string of the molecule is CC(C)[C@@H](NS(=O)(=O)c1cccs1)C(=O)Nc1nccs1. The van der Waals surface area contributed by atoms with Crippen molar-refractivity contribution in [2.45, 2.75) is 24.1 Å². The molecule has 1 amide bonds. The van der Waals surface area contributed by atoms with Crippen LogP contribution in [0.3, 0.4) is 0 Å². The van der Waals surface area contributed by atoms with Gasteiger partial charge in [0.2, 0.25) is 5.91 Å². The van der Waals surface area contributed by atoms with E-state index in [9.17, 15) is 13.2 Å². The minimum Gasteiger partial charge on any atom is -0.301 e. The fourth-order valence-electron chi connectivity index (χ4n) is 1.60. The van der Waals surface area contributed by atoms with Crippen molar-refractivity contribution in [2.24, 2.45) is 5.92 Å². The molecule has 0 aliphatic carbocycles. The standard InChI is InChI=1S/C12H15N3O3S3/c1-8(2)10(11(16)14-12-13-5-7-20-12)15-21(17,18)9-4-3-6-19-9/h3-8,10,15H,1-2H3,(H,13,14,16)/t10-/m1/s1. The average molecular weight is 345 g/mol. The van der Waals surface area contributed by atoms with E-state index >= 15 is 0 Å². The summed E-state index contributed by atoms with van der Waals surface area (Å²) in [6.07, 6.45) is 1.57. The first-order chi connectivity index (χ1) is 9.90. The highest BCUT2D eigenvalue weighted by molar-refractivity contribution is 7.91. The van der Waals surface area contributed by atoms with Gasteiger partial charge in [0.15, 0.2) is 5.13 Å². The van der Waals surface area contributed by atoms with Crippen molar-refractivity contribution in [3.63, 3.8) is 0 Å². The Morgan fingerprint density at radius 1 is 1.29 bits per heavy atom. The highest BCUT2D eigenvalue weighted by Crippen LogP contribution is 2.18. The molecular weight excluding hydrogens is 330 g/mol. The van der Waals surface area contributed by atoms with Crippen LogP contribution in [0.1, 0.15) is 13.8 Å². The third-order valence-electron chi connectivity index (χ3n) is 2.65. The summed E-state index contributed by atoms with van der Waals surface area (Å²) in [5, 5.41) is 6.47. The smallest absolute Gasteiger partial charge is 0.250 e. The van der Waals surface area contributed by atoms with Crippen molar-refractivity contribution in [1.82, 2.24) is 9.71 Å². The van der Waals surface area contributed by atoms with Gasteiger partial charge in [-0.1, -0.05) is 19.9 Å². The summed E-state index contributed by atoms with van der Waals surface area (Å²) in [6, 6.07) is 2.29. The fraction of sp³-hybridized carbons (Fsp3) is 0.333. The molecule has 0 fully saturated rings. The summed E-state index contributed by atoms with van der Waals surface area (Å²) in [7, 11) is -3.69. The van der Waals surface area contributed by atoms with Crippen LogP contribution in [-0.2, 0) is 14.8 Å². The van der Waals surface area contributed by atoms with Gasteiger partial charge >= 0.3 is 0 Å². The van der Waals surface area contributed by atoms with E-state index in [1.165, 1.54) is 17.4 Å². The van der Waals surface area contributed by atoms with Crippen molar-refractivity contribution in [3.05, 3.63) is 29.1 Å². The minimum atomic E-state index is -3.69. The topological polar surface area (TPSA) is 88.2 Å². The van der Waals surface area contributed by atoms with Crippen molar-refractivity contribution in [1.29, 1.82) is 0 Å². The van der Waals surface area contributed by atoms with Gasteiger partial charge in [-0.2, -0.15) is 4.72 Å². The first kappa shape index (κ1) is 16.1. The molecule has 0 spiro atoms. The second-order valence-electron chi connectivity index (χ2n) is 4.60. The number of aromatic nitrogens is 1. The van der Waals surface area contributed by atoms with Crippen LogP contribution < -0.4 is 10.0 Å². The fourth-order valence-corrected chi connectivity index (χ4v) is 4.49. The Labute approximate surface area is 131 Å². The number of hydrogen-bond donors (Lipinski definition) is 2. The largest absolute Gasteiger partial charge is 0.301 e. The van der Waals surface area contributed by atoms with Gasteiger partial charge in [0.25, 0.3) is 10.0 Å². The number of rotatable bonds is 6. The highest BCUT2D eigenvalue weighted by Gasteiger charge is 2.29. The number of nitrogens with one attached hydrogen (secondary N) is 2. The number of sulfonamides is 1. The molecule has 2 aromatic rings. The van der Waals surface area contributed by atoms with E-state index < -0.39 is 22.0 Å². The van der Waals surface area contributed by atoms with Crippen LogP contribution in [0.2, 0.25) is 0 Å². The lowest BCUT2D eigenvalue weighted by Crippen LogP contribution is -2.46. The lowest BCUT2D eigenvalue weighted by molar-refractivity contribution is -0.118. The number of hydrogen-bond acceptors (Lipinski definition) is 6. The number of thiazole rings is 1. The first-order valence-electron chi connectivity index (χ1n) is 6.16. The van der Waals surface area contributed by atoms with Crippen molar-refractivity contribution in [3.8, 4) is 0 Å². The van der Waals surface area contributed by atoms with Crippen LogP contribution in [0.5, 0.6) is 0 Å². The van der Waals surface area contributed by atoms with E-state index in [1.807, 2.05) is 0 Å². The van der Waals surface area contributed by atoms with Crippen LogP contribution >= 0.6 is 22.7 Å². The van der Waals surface area contributed by atoms with Crippen LogP contribution in [-0.4, -0.2) is 25.4 Å². The summed E-state index contributed by atoms with van der Waals surface area (Å²) >= 11 is 2.39. The number of carbonyl (C=O) groups excluding carboxylic acids is 1. The Hall–Kier alpha value is -1.29. The molecule has 0 bridgehead atoms. The number of nitrogens with zero attached hydrogens (tertiary/aromatic N) is 1. The molecule has 0 aromatic carbocycles. The molecule has 0 saturated heterocycles. The third-order valence-corrected chi connectivity index (χ3v) is 6.18. The van der Waals surface area contributed by atoms with E-state index in [0.717, 1.165) is 11.3 Å². The molecule has 0 aliphatic rings. The van der Waals surface area contributed by atoms with Gasteiger partial charge < -0.3 is 5.32 Å². The summed E-state index contributed by atoms with van der Waals surface area (Å²) in [5.41, 5.74) is 0. The molecule has 0 saturated carbocycles. The van der Waals surface area contributed by atoms with Gasteiger partial charge in [0.1, 0.15) is 10.3 Å². The molecule has 114 valence electrons. The Bertz CT molecular complexity index is 679. The molecule has 0 radical (unpaired) electrons. The van der Waals surface area contributed by atoms with E-state index in [0.29, 0.717) is 5.13 Å². The van der Waals surface area contributed by atoms with Gasteiger partial charge in [-0.15, -0.1) is 22.7 Å². The average Bonchev–Trinajstić information content (AvgIpc) is 3.08. The molecule has 2 N–H and O–H groups in total. The molecule has 6 nitrogen and oxygen atoms in total. The van der Waals surface area contributed by atoms with Gasteiger partial charge in [0.05, 0.1) is 0 Å². The van der Waals surface area contributed by atoms with Crippen LogP contribution in [0.25, 0.3) is 0 Å². The van der Waals surface area contributed by atoms with Crippen LogP contribution in [0.15, 0.2) is 33.3 Å². The molecule has 9 heteroatoms. The zero-order chi connectivity index (χ0) is 15.5. The van der Waals surface area contributed by atoms with E-state index in [4.69, 9.17) is 0 Å². The van der Waals surface area contributed by atoms with Crippen molar-refractivity contribution in [2.75, 3.05) is 5.32 Å². The maximum Gasteiger partial charge on any atom is 0.250 e. The lowest BCUT2D eigenvalue weighted by Gasteiger charge is -2.20. The molecule has 1 atom stereocenters. The molecule has 21 heavy (non-hydrogen) atoms. The van der Waals surface area contributed by atoms with Crippen LogP contribution in [0, 0.1) is 5.92 Å². The molecular formula is C12H15N3O3S3. The molecule has 0 aliphatic heterocycles. The number of anilines is 1. The summed E-state index contributed by atoms with van der Waals surface area (Å²) in [6.45, 7) is 3.56. The number of amides is 1. The Balaban J connectivity index is 2.14. The normalized spacial score (nSPS) is 13.3. The molecule has 2 heterocycles. The third kappa shape index (κ3) is 4.10. The molecule has 0 unspecified atom stereocenters. The van der Waals surface area contributed by atoms with Crippen molar-refractivity contribution < 1.29 is 13.2 Å². The van der Waals surface area contributed by atoms with Gasteiger partial charge in [-0.05, 0) is 17.4 Å². The van der Waals surface area contributed by atoms with E-state index in [2.05, 4.69) is 15.0 Å². The zero-order valence-electron chi connectivity index (χ0n) is 11.4. The Morgan fingerprint density at radius 3 is 2.57 bits per heavy atom. The van der Waals surface area contributed by atoms with Gasteiger partial charge in [-0.25, -0.2) is 13.4 Å². The maximum absolute atomic E-state index is 12.2. The highest BCUT2D eigenvalue weighted by atomic mass is 32.2. The number of carbonyl (C=O) groups is 1. The van der Waals surface area contributed by atoms with E-state index in [-0.39, 0.29) is 10.1 Å². The summed E-state index contributed by atoms with van der Waals surface area (Å²) in [5.74, 6) is -0.611. The lowest BCUT2D eigenvalue weighted by atomic mass is 10.1. The van der Waals surface area contributed by atoms with Crippen LogP contribution in [0.4, 0.5) is 5.13 Å². The monoisotopic (exact) mass is 345 g/mol. The Morgan fingerprint density at radius 2 is 2.05 bits per heavy atom. The van der Waals surface area contributed by atoms with Crippen molar-refractivity contribution >= 4 is 43.7 Å². The number of thiophene rings is 1. The first-order valence-corrected chi connectivity index (χ1v) is 9.40. The van der Waals surface area contributed by atoms with Gasteiger partial charge in [-0.3, -0.25) is 4.79 Å². The predicted octanol–water partition coefficient (Wildman–Crippen LogP) is 2.15. The minimum absolute atomic E-state index is 0.190. The predicted molar refractivity (Wildman–Crippen MR) is 84.0 cm³/mol. The van der Waals surface area contributed by atoms with Gasteiger partial charge in [0, 0.05) is 11.6 Å². The zero-order valence-corrected chi connectivity index (χ0v) is 13.9. The summed E-state index contributed by atoms with van der Waals surface area (Å²) < 4.78 is 27.1. The quantitative estimate of drug-likeness (QED) is 0.839. The second-order valence-corrected chi connectivity index (χ2v) is 8.38. The van der Waals surface area contributed by atoms with E-state index in [1.54, 1.807) is 36.9 Å². The second kappa shape index (κ2) is 6.65.